The van der Waals surface area contributed by atoms with Crippen molar-refractivity contribution in [3.63, 3.8) is 0 Å². The van der Waals surface area contributed by atoms with E-state index >= 15 is 0 Å². The van der Waals surface area contributed by atoms with Crippen molar-refractivity contribution in [2.24, 2.45) is 0 Å². The van der Waals surface area contributed by atoms with Gasteiger partial charge in [0.05, 0.1) is 17.9 Å². The SMILES string of the molecule is CCCNC(c1cncc(F)c1)c1ncccc1Br. The Balaban J connectivity index is 2.38. The number of nitrogens with zero attached hydrogens (tertiary/aromatic N) is 2. The van der Waals surface area contributed by atoms with Crippen LogP contribution in [0, 0.1) is 5.82 Å². The van der Waals surface area contributed by atoms with E-state index in [1.165, 1.54) is 12.3 Å². The van der Waals surface area contributed by atoms with Gasteiger partial charge in [0.1, 0.15) is 5.82 Å². The summed E-state index contributed by atoms with van der Waals surface area (Å²) in [4.78, 5) is 8.29. The number of aromatic nitrogens is 2. The van der Waals surface area contributed by atoms with Gasteiger partial charge in [-0.3, -0.25) is 9.97 Å². The smallest absolute Gasteiger partial charge is 0.141 e. The van der Waals surface area contributed by atoms with E-state index in [9.17, 15) is 4.39 Å². The monoisotopic (exact) mass is 323 g/mol. The molecule has 0 spiro atoms. The van der Waals surface area contributed by atoms with Crippen molar-refractivity contribution < 1.29 is 4.39 Å². The minimum atomic E-state index is -0.340. The Morgan fingerprint density at radius 2 is 2.26 bits per heavy atom. The van der Waals surface area contributed by atoms with Gasteiger partial charge in [-0.15, -0.1) is 0 Å². The fourth-order valence-electron chi connectivity index (χ4n) is 1.86. The highest BCUT2D eigenvalue weighted by Crippen LogP contribution is 2.26. The first kappa shape index (κ1) is 14.1. The predicted molar refractivity (Wildman–Crippen MR) is 76.3 cm³/mol. The minimum absolute atomic E-state index is 0.168. The molecule has 0 saturated carbocycles. The highest BCUT2D eigenvalue weighted by atomic mass is 79.9. The topological polar surface area (TPSA) is 37.8 Å². The van der Waals surface area contributed by atoms with Crippen molar-refractivity contribution in [2.75, 3.05) is 6.54 Å². The van der Waals surface area contributed by atoms with Gasteiger partial charge in [0, 0.05) is 16.9 Å². The summed E-state index contributed by atoms with van der Waals surface area (Å²) >= 11 is 3.49. The molecule has 0 amide bonds. The molecule has 2 aromatic heterocycles. The lowest BCUT2D eigenvalue weighted by Gasteiger charge is -2.19. The van der Waals surface area contributed by atoms with E-state index < -0.39 is 0 Å². The second kappa shape index (κ2) is 6.73. The van der Waals surface area contributed by atoms with E-state index in [2.05, 4.69) is 38.1 Å². The Morgan fingerprint density at radius 3 is 2.95 bits per heavy atom. The quantitative estimate of drug-likeness (QED) is 0.915. The summed E-state index contributed by atoms with van der Waals surface area (Å²) in [6, 6.07) is 5.10. The molecule has 0 aliphatic rings. The molecule has 0 bridgehead atoms. The van der Waals surface area contributed by atoms with E-state index in [0.29, 0.717) is 0 Å². The van der Waals surface area contributed by atoms with Crippen LogP contribution in [0.25, 0.3) is 0 Å². The van der Waals surface area contributed by atoms with Crippen LogP contribution in [0.4, 0.5) is 4.39 Å². The Kier molecular flexibility index (Phi) is 4.99. The highest BCUT2D eigenvalue weighted by molar-refractivity contribution is 9.10. The molecule has 1 atom stereocenters. The third kappa shape index (κ3) is 3.58. The molecule has 1 N–H and O–H groups in total. The second-order valence-electron chi connectivity index (χ2n) is 4.19. The van der Waals surface area contributed by atoms with Gasteiger partial charge in [-0.1, -0.05) is 6.92 Å². The lowest BCUT2D eigenvalue weighted by atomic mass is 10.0. The van der Waals surface area contributed by atoms with Gasteiger partial charge in [0.2, 0.25) is 0 Å². The zero-order valence-corrected chi connectivity index (χ0v) is 12.2. The first-order valence-corrected chi connectivity index (χ1v) is 6.96. The molecule has 2 rings (SSSR count). The standard InChI is InChI=1S/C14H15BrFN3/c1-2-5-18-13(10-7-11(16)9-17-8-10)14-12(15)4-3-6-19-14/h3-4,6-9,13,18H,2,5H2,1H3. The van der Waals surface area contributed by atoms with E-state index in [1.807, 2.05) is 12.1 Å². The van der Waals surface area contributed by atoms with E-state index in [4.69, 9.17) is 0 Å². The average Bonchev–Trinajstić information content (AvgIpc) is 2.41. The molecule has 0 saturated heterocycles. The van der Waals surface area contributed by atoms with Crippen LogP contribution >= 0.6 is 15.9 Å². The van der Waals surface area contributed by atoms with E-state index in [-0.39, 0.29) is 11.9 Å². The Labute approximate surface area is 120 Å². The number of nitrogens with one attached hydrogen (secondary N) is 1. The van der Waals surface area contributed by atoms with Crippen LogP contribution in [-0.2, 0) is 0 Å². The minimum Gasteiger partial charge on any atom is -0.305 e. The summed E-state index contributed by atoms with van der Waals surface area (Å²) in [6.45, 7) is 2.91. The summed E-state index contributed by atoms with van der Waals surface area (Å²) in [5, 5.41) is 3.37. The molecular weight excluding hydrogens is 309 g/mol. The Hall–Kier alpha value is -1.33. The van der Waals surface area contributed by atoms with Gasteiger partial charge >= 0.3 is 0 Å². The van der Waals surface area contributed by atoms with Crippen molar-refractivity contribution in [3.8, 4) is 0 Å². The molecule has 5 heteroatoms. The molecule has 2 aromatic rings. The Bertz CT molecular complexity index is 548. The second-order valence-corrected chi connectivity index (χ2v) is 5.05. The fraction of sp³-hybridized carbons (Fsp3) is 0.286. The number of pyridine rings is 2. The van der Waals surface area contributed by atoms with Gasteiger partial charge in [-0.05, 0) is 52.7 Å². The molecule has 100 valence electrons. The molecule has 0 fully saturated rings. The molecule has 19 heavy (non-hydrogen) atoms. The van der Waals surface area contributed by atoms with Gasteiger partial charge < -0.3 is 5.32 Å². The maximum absolute atomic E-state index is 13.3. The maximum atomic E-state index is 13.3. The molecule has 3 nitrogen and oxygen atoms in total. The van der Waals surface area contributed by atoms with Crippen molar-refractivity contribution in [1.29, 1.82) is 0 Å². The first-order chi connectivity index (χ1) is 9.22. The van der Waals surface area contributed by atoms with Gasteiger partial charge in [0.25, 0.3) is 0 Å². The lowest BCUT2D eigenvalue weighted by Crippen LogP contribution is -2.24. The average molecular weight is 324 g/mol. The molecule has 2 heterocycles. The van der Waals surface area contributed by atoms with Crippen LogP contribution in [0.3, 0.4) is 0 Å². The van der Waals surface area contributed by atoms with Crippen LogP contribution in [0.5, 0.6) is 0 Å². The van der Waals surface area contributed by atoms with Crippen LogP contribution in [0.15, 0.2) is 41.3 Å². The molecule has 0 aliphatic heterocycles. The molecule has 0 radical (unpaired) electrons. The zero-order valence-electron chi connectivity index (χ0n) is 10.6. The van der Waals surface area contributed by atoms with Gasteiger partial charge in [0.15, 0.2) is 0 Å². The summed E-state index contributed by atoms with van der Waals surface area (Å²) in [6.07, 6.45) is 5.59. The zero-order chi connectivity index (χ0) is 13.7. The van der Waals surface area contributed by atoms with Crippen LogP contribution < -0.4 is 5.32 Å². The van der Waals surface area contributed by atoms with Crippen LogP contribution in [0.2, 0.25) is 0 Å². The van der Waals surface area contributed by atoms with Crippen molar-refractivity contribution in [2.45, 2.75) is 19.4 Å². The van der Waals surface area contributed by atoms with Gasteiger partial charge in [-0.2, -0.15) is 0 Å². The normalized spacial score (nSPS) is 12.4. The largest absolute Gasteiger partial charge is 0.305 e. The first-order valence-electron chi connectivity index (χ1n) is 6.16. The summed E-state index contributed by atoms with van der Waals surface area (Å²) in [7, 11) is 0. The summed E-state index contributed by atoms with van der Waals surface area (Å²) < 4.78 is 14.2. The van der Waals surface area contributed by atoms with E-state index in [0.717, 1.165) is 28.7 Å². The summed E-state index contributed by atoms with van der Waals surface area (Å²) in [5.41, 5.74) is 1.61. The highest BCUT2D eigenvalue weighted by Gasteiger charge is 2.18. The predicted octanol–water partition coefficient (Wildman–Crippen LogP) is 3.47. The molecule has 1 unspecified atom stereocenters. The molecule has 0 aromatic carbocycles. The van der Waals surface area contributed by atoms with Crippen LogP contribution in [0.1, 0.15) is 30.6 Å². The lowest BCUT2D eigenvalue weighted by molar-refractivity contribution is 0.570. The van der Waals surface area contributed by atoms with Crippen LogP contribution in [-0.4, -0.2) is 16.5 Å². The van der Waals surface area contributed by atoms with Crippen molar-refractivity contribution in [3.05, 3.63) is 58.3 Å². The third-order valence-corrected chi connectivity index (χ3v) is 3.39. The maximum Gasteiger partial charge on any atom is 0.141 e. The Morgan fingerprint density at radius 1 is 1.42 bits per heavy atom. The molecule has 0 aliphatic carbocycles. The van der Waals surface area contributed by atoms with Gasteiger partial charge in [-0.25, -0.2) is 4.39 Å². The number of halogens is 2. The fourth-order valence-corrected chi connectivity index (χ4v) is 2.34. The van der Waals surface area contributed by atoms with Crippen molar-refractivity contribution in [1.82, 2.24) is 15.3 Å². The van der Waals surface area contributed by atoms with E-state index in [1.54, 1.807) is 12.4 Å². The molecular formula is C14H15BrFN3. The third-order valence-electron chi connectivity index (χ3n) is 2.72. The number of hydrogen-bond acceptors (Lipinski definition) is 3. The number of rotatable bonds is 5. The van der Waals surface area contributed by atoms with Crippen molar-refractivity contribution >= 4 is 15.9 Å². The number of hydrogen-bond donors (Lipinski definition) is 1. The summed E-state index contributed by atoms with van der Waals surface area (Å²) in [5.74, 6) is -0.340.